The second-order valence-electron chi connectivity index (χ2n) is 9.49. The Hall–Kier alpha value is -2.04. The van der Waals surface area contributed by atoms with E-state index in [0.29, 0.717) is 26.1 Å². The van der Waals surface area contributed by atoms with Crippen LogP contribution in [0, 0.1) is 23.2 Å². The van der Waals surface area contributed by atoms with Crippen LogP contribution in [-0.4, -0.2) is 36.9 Å². The number of nitrogens with zero attached hydrogens (tertiary/aromatic N) is 1. The zero-order valence-corrected chi connectivity index (χ0v) is 17.8. The van der Waals surface area contributed by atoms with Crippen molar-refractivity contribution in [3.05, 3.63) is 29.8 Å². The normalized spacial score (nSPS) is 29.5. The van der Waals surface area contributed by atoms with Gasteiger partial charge in [-0.05, 0) is 69.3 Å². The van der Waals surface area contributed by atoms with E-state index >= 15 is 0 Å². The maximum Gasteiger partial charge on any atom is 0.226 e. The Morgan fingerprint density at radius 2 is 1.72 bits per heavy atom. The predicted molar refractivity (Wildman–Crippen MR) is 112 cm³/mol. The molecule has 4 aliphatic rings. The lowest BCUT2D eigenvalue weighted by molar-refractivity contribution is -0.146. The number of benzene rings is 1. The lowest BCUT2D eigenvalue weighted by Gasteiger charge is -2.55. The molecule has 0 aliphatic heterocycles. The number of amides is 2. The van der Waals surface area contributed by atoms with Crippen molar-refractivity contribution in [1.29, 1.82) is 0 Å². The van der Waals surface area contributed by atoms with E-state index in [1.54, 1.807) is 4.90 Å². The van der Waals surface area contributed by atoms with Crippen molar-refractivity contribution in [2.45, 2.75) is 58.4 Å². The van der Waals surface area contributed by atoms with Crippen LogP contribution < -0.4 is 10.1 Å². The molecule has 2 amide bonds. The fourth-order valence-electron chi connectivity index (χ4n) is 6.32. The molecule has 4 fully saturated rings. The standard InChI is InChI=1S/C24H34N2O3/c1-3-29-21-7-5-4-6-20(21)16-26(2)22(27)8-9-25-23(28)24-13-17-10-18(14-24)12-19(11-17)15-24/h4-7,17-19H,3,8-16H2,1-2H3,(H,25,28). The van der Waals surface area contributed by atoms with Crippen molar-refractivity contribution in [1.82, 2.24) is 10.2 Å². The number of hydrogen-bond donors (Lipinski definition) is 1. The molecule has 5 heteroatoms. The zero-order valence-electron chi connectivity index (χ0n) is 17.8. The van der Waals surface area contributed by atoms with Crippen LogP contribution >= 0.6 is 0 Å². The van der Waals surface area contributed by atoms with Gasteiger partial charge in [0.15, 0.2) is 0 Å². The SMILES string of the molecule is CCOc1ccccc1CN(C)C(=O)CCNC(=O)C12CC3CC(CC(C3)C1)C2. The van der Waals surface area contributed by atoms with Gasteiger partial charge in [0.2, 0.25) is 11.8 Å². The van der Waals surface area contributed by atoms with E-state index in [1.807, 2.05) is 38.2 Å². The number of carbonyl (C=O) groups is 2. The molecule has 5 nitrogen and oxygen atoms in total. The van der Waals surface area contributed by atoms with Gasteiger partial charge in [0.25, 0.3) is 0 Å². The quantitative estimate of drug-likeness (QED) is 0.725. The van der Waals surface area contributed by atoms with Crippen LogP contribution in [0.25, 0.3) is 0 Å². The second-order valence-corrected chi connectivity index (χ2v) is 9.49. The van der Waals surface area contributed by atoms with Crippen LogP contribution in [0.2, 0.25) is 0 Å². The molecule has 0 heterocycles. The Balaban J connectivity index is 1.26. The number of carbonyl (C=O) groups excluding carboxylic acids is 2. The van der Waals surface area contributed by atoms with E-state index in [4.69, 9.17) is 4.74 Å². The summed E-state index contributed by atoms with van der Waals surface area (Å²) in [5, 5.41) is 3.11. The summed E-state index contributed by atoms with van der Waals surface area (Å²) in [7, 11) is 1.81. The molecule has 0 unspecified atom stereocenters. The number of rotatable bonds is 8. The van der Waals surface area contributed by atoms with E-state index in [9.17, 15) is 9.59 Å². The number of hydrogen-bond acceptors (Lipinski definition) is 3. The van der Waals surface area contributed by atoms with Crippen molar-refractivity contribution in [3.63, 3.8) is 0 Å². The van der Waals surface area contributed by atoms with Gasteiger partial charge in [0.05, 0.1) is 6.61 Å². The molecule has 0 atom stereocenters. The molecule has 0 aromatic heterocycles. The molecule has 0 saturated heterocycles. The van der Waals surface area contributed by atoms with Crippen LogP contribution in [0.4, 0.5) is 0 Å². The first-order valence-electron chi connectivity index (χ1n) is 11.2. The van der Waals surface area contributed by atoms with Gasteiger partial charge in [-0.2, -0.15) is 0 Å². The van der Waals surface area contributed by atoms with Gasteiger partial charge in [-0.25, -0.2) is 0 Å². The monoisotopic (exact) mass is 398 g/mol. The summed E-state index contributed by atoms with van der Waals surface area (Å²) in [5.41, 5.74) is 0.864. The highest BCUT2D eigenvalue weighted by molar-refractivity contribution is 5.84. The Kier molecular flexibility index (Phi) is 5.84. The molecular formula is C24H34N2O3. The lowest BCUT2D eigenvalue weighted by atomic mass is 9.49. The smallest absolute Gasteiger partial charge is 0.226 e. The van der Waals surface area contributed by atoms with Crippen LogP contribution in [0.1, 0.15) is 57.4 Å². The summed E-state index contributed by atoms with van der Waals surface area (Å²) in [6.07, 6.45) is 7.52. The molecular weight excluding hydrogens is 364 g/mol. The van der Waals surface area contributed by atoms with Crippen LogP contribution in [-0.2, 0) is 16.1 Å². The first kappa shape index (κ1) is 20.2. The molecule has 158 valence electrons. The van der Waals surface area contributed by atoms with E-state index in [1.165, 1.54) is 19.3 Å². The minimum Gasteiger partial charge on any atom is -0.494 e. The summed E-state index contributed by atoms with van der Waals surface area (Å²) >= 11 is 0. The molecule has 4 bridgehead atoms. The molecule has 1 aromatic rings. The van der Waals surface area contributed by atoms with E-state index in [-0.39, 0.29) is 17.2 Å². The Morgan fingerprint density at radius 3 is 2.34 bits per heavy atom. The predicted octanol–water partition coefficient (Wildman–Crippen LogP) is 3.77. The van der Waals surface area contributed by atoms with Crippen molar-refractivity contribution < 1.29 is 14.3 Å². The molecule has 0 spiro atoms. The third kappa shape index (κ3) is 4.29. The van der Waals surface area contributed by atoms with Crippen LogP contribution in [0.15, 0.2) is 24.3 Å². The first-order chi connectivity index (χ1) is 14.0. The fourth-order valence-corrected chi connectivity index (χ4v) is 6.32. The minimum absolute atomic E-state index is 0.0436. The van der Waals surface area contributed by atoms with Crippen molar-refractivity contribution in [2.75, 3.05) is 20.2 Å². The van der Waals surface area contributed by atoms with Gasteiger partial charge < -0.3 is 15.0 Å². The third-order valence-electron chi connectivity index (χ3n) is 7.25. The highest BCUT2D eigenvalue weighted by Gasteiger charge is 2.54. The van der Waals surface area contributed by atoms with Crippen LogP contribution in [0.3, 0.4) is 0 Å². The highest BCUT2D eigenvalue weighted by atomic mass is 16.5. The third-order valence-corrected chi connectivity index (χ3v) is 7.25. The van der Waals surface area contributed by atoms with Gasteiger partial charge in [-0.3, -0.25) is 9.59 Å². The van der Waals surface area contributed by atoms with Crippen molar-refractivity contribution >= 4 is 11.8 Å². The Bertz CT molecular complexity index is 725. The lowest BCUT2D eigenvalue weighted by Crippen LogP contribution is -2.53. The summed E-state index contributed by atoms with van der Waals surface area (Å²) < 4.78 is 5.65. The molecule has 1 N–H and O–H groups in total. The van der Waals surface area contributed by atoms with Gasteiger partial charge in [-0.1, -0.05) is 18.2 Å². The molecule has 4 saturated carbocycles. The molecule has 1 aromatic carbocycles. The van der Waals surface area contributed by atoms with Crippen molar-refractivity contribution in [3.8, 4) is 5.75 Å². The fraction of sp³-hybridized carbons (Fsp3) is 0.667. The Morgan fingerprint density at radius 1 is 1.10 bits per heavy atom. The summed E-state index contributed by atoms with van der Waals surface area (Å²) in [4.78, 5) is 27.3. The van der Waals surface area contributed by atoms with Gasteiger partial charge in [0.1, 0.15) is 5.75 Å². The summed E-state index contributed by atoms with van der Waals surface area (Å²) in [5.74, 6) is 3.33. The minimum atomic E-state index is -0.139. The zero-order chi connectivity index (χ0) is 20.4. The molecule has 5 rings (SSSR count). The number of ether oxygens (including phenoxy) is 1. The maximum absolute atomic E-state index is 13.0. The number of nitrogens with one attached hydrogen (secondary N) is 1. The molecule has 4 aliphatic carbocycles. The van der Waals surface area contributed by atoms with Gasteiger partial charge in [-0.15, -0.1) is 0 Å². The Labute approximate surface area is 174 Å². The number of para-hydroxylation sites is 1. The average molecular weight is 399 g/mol. The second kappa shape index (κ2) is 8.37. The average Bonchev–Trinajstić information content (AvgIpc) is 2.68. The molecule has 29 heavy (non-hydrogen) atoms. The van der Waals surface area contributed by atoms with E-state index in [2.05, 4.69) is 5.32 Å². The van der Waals surface area contributed by atoms with E-state index < -0.39 is 0 Å². The van der Waals surface area contributed by atoms with E-state index in [0.717, 1.165) is 48.3 Å². The maximum atomic E-state index is 13.0. The summed E-state index contributed by atoms with van der Waals surface area (Å²) in [6, 6.07) is 7.82. The van der Waals surface area contributed by atoms with Crippen LogP contribution in [0.5, 0.6) is 5.75 Å². The van der Waals surface area contributed by atoms with Gasteiger partial charge in [0, 0.05) is 37.5 Å². The molecule has 0 radical (unpaired) electrons. The van der Waals surface area contributed by atoms with Gasteiger partial charge >= 0.3 is 0 Å². The highest BCUT2D eigenvalue weighted by Crippen LogP contribution is 2.60. The largest absolute Gasteiger partial charge is 0.494 e. The first-order valence-corrected chi connectivity index (χ1v) is 11.2. The topological polar surface area (TPSA) is 58.6 Å². The summed E-state index contributed by atoms with van der Waals surface area (Å²) in [6.45, 7) is 3.50. The van der Waals surface area contributed by atoms with Crippen molar-refractivity contribution in [2.24, 2.45) is 23.2 Å².